The molecule has 2 aromatic carbocycles. The smallest absolute Gasteiger partial charge is 0.275 e. The minimum Gasteiger partial charge on any atom is -0.280 e. The standard InChI is InChI=1S/C17H14BrFN2O/c1-10-2-5-15(19)14(6-10)17(22)21-13-7-11-3-4-12(18)8-16(11)20(21)9-13/h2-6,8,13H,7,9H2,1H3/t13-/m0/s1. The third-order valence-corrected chi connectivity index (χ3v) is 4.82. The quantitative estimate of drug-likeness (QED) is 0.773. The van der Waals surface area contributed by atoms with Gasteiger partial charge in [-0.25, -0.2) is 9.40 Å². The van der Waals surface area contributed by atoms with Gasteiger partial charge in [0, 0.05) is 4.47 Å². The molecule has 1 atom stereocenters. The van der Waals surface area contributed by atoms with Crippen LogP contribution in [0.5, 0.6) is 0 Å². The molecule has 1 fully saturated rings. The van der Waals surface area contributed by atoms with E-state index in [1.165, 1.54) is 11.6 Å². The van der Waals surface area contributed by atoms with Crippen molar-refractivity contribution in [2.24, 2.45) is 0 Å². The van der Waals surface area contributed by atoms with Gasteiger partial charge in [-0.15, -0.1) is 0 Å². The van der Waals surface area contributed by atoms with E-state index in [0.29, 0.717) is 0 Å². The van der Waals surface area contributed by atoms with Crippen LogP contribution in [0.3, 0.4) is 0 Å². The van der Waals surface area contributed by atoms with Gasteiger partial charge in [0.15, 0.2) is 0 Å². The number of halogens is 2. The predicted octanol–water partition coefficient (Wildman–Crippen LogP) is 3.70. The molecule has 4 rings (SSSR count). The first-order valence-electron chi connectivity index (χ1n) is 7.20. The largest absolute Gasteiger partial charge is 0.280 e. The minimum absolute atomic E-state index is 0.126. The van der Waals surface area contributed by atoms with Crippen molar-refractivity contribution < 1.29 is 9.18 Å². The van der Waals surface area contributed by atoms with Gasteiger partial charge in [0.05, 0.1) is 23.8 Å². The van der Waals surface area contributed by atoms with Gasteiger partial charge in [0.1, 0.15) is 5.82 Å². The van der Waals surface area contributed by atoms with E-state index in [1.54, 1.807) is 17.1 Å². The Morgan fingerprint density at radius 1 is 1.27 bits per heavy atom. The number of fused-ring (bicyclic) bond motifs is 4. The number of rotatable bonds is 1. The summed E-state index contributed by atoms with van der Waals surface area (Å²) in [6.07, 6.45) is 0.818. The summed E-state index contributed by atoms with van der Waals surface area (Å²) in [5.74, 6) is -0.723. The Labute approximate surface area is 136 Å². The number of nitrogens with zero attached hydrogens (tertiary/aromatic N) is 2. The lowest BCUT2D eigenvalue weighted by molar-refractivity contribution is 0.0409. The molecule has 2 aromatic rings. The van der Waals surface area contributed by atoms with Gasteiger partial charge in [0.2, 0.25) is 0 Å². The van der Waals surface area contributed by atoms with E-state index in [0.717, 1.165) is 28.7 Å². The van der Waals surface area contributed by atoms with Crippen LogP contribution in [0.2, 0.25) is 0 Å². The molecule has 1 amide bonds. The minimum atomic E-state index is -0.462. The Balaban J connectivity index is 1.71. The maximum absolute atomic E-state index is 14.0. The van der Waals surface area contributed by atoms with Crippen LogP contribution >= 0.6 is 15.9 Å². The molecule has 1 saturated heterocycles. The van der Waals surface area contributed by atoms with Crippen molar-refractivity contribution in [2.45, 2.75) is 19.4 Å². The fourth-order valence-electron chi connectivity index (χ4n) is 3.24. The molecule has 0 saturated carbocycles. The lowest BCUT2D eigenvalue weighted by Gasteiger charge is -2.56. The number of carbonyl (C=O) groups is 1. The molecular formula is C17H14BrFN2O. The fourth-order valence-corrected chi connectivity index (χ4v) is 3.59. The van der Waals surface area contributed by atoms with Crippen LogP contribution in [-0.2, 0) is 6.42 Å². The number of aryl methyl sites for hydroxylation is 1. The van der Waals surface area contributed by atoms with Crippen LogP contribution in [0.1, 0.15) is 21.5 Å². The van der Waals surface area contributed by atoms with Gasteiger partial charge in [-0.2, -0.15) is 0 Å². The molecular weight excluding hydrogens is 347 g/mol. The van der Waals surface area contributed by atoms with Crippen molar-refractivity contribution in [1.29, 1.82) is 0 Å². The molecule has 3 nitrogen and oxygen atoms in total. The van der Waals surface area contributed by atoms with Gasteiger partial charge in [-0.1, -0.05) is 33.6 Å². The van der Waals surface area contributed by atoms with Crippen molar-refractivity contribution in [1.82, 2.24) is 5.01 Å². The van der Waals surface area contributed by atoms with Crippen LogP contribution in [0.4, 0.5) is 10.1 Å². The number of hydrogen-bond donors (Lipinski definition) is 0. The van der Waals surface area contributed by atoms with Gasteiger partial charge < -0.3 is 0 Å². The monoisotopic (exact) mass is 360 g/mol. The van der Waals surface area contributed by atoms with Crippen molar-refractivity contribution in [3.8, 4) is 0 Å². The van der Waals surface area contributed by atoms with Crippen molar-refractivity contribution in [3.63, 3.8) is 0 Å². The van der Waals surface area contributed by atoms with Crippen LogP contribution in [-0.4, -0.2) is 23.5 Å². The first-order valence-corrected chi connectivity index (χ1v) is 7.99. The molecule has 22 heavy (non-hydrogen) atoms. The van der Waals surface area contributed by atoms with Crippen LogP contribution < -0.4 is 5.01 Å². The van der Waals surface area contributed by atoms with E-state index in [9.17, 15) is 9.18 Å². The topological polar surface area (TPSA) is 23.6 Å². The van der Waals surface area contributed by atoms with E-state index >= 15 is 0 Å². The van der Waals surface area contributed by atoms with E-state index in [4.69, 9.17) is 0 Å². The Kier molecular flexibility index (Phi) is 3.01. The van der Waals surface area contributed by atoms with Crippen molar-refractivity contribution in [3.05, 3.63) is 63.4 Å². The maximum Gasteiger partial charge on any atom is 0.275 e. The highest BCUT2D eigenvalue weighted by Crippen LogP contribution is 2.40. The average molecular weight is 361 g/mol. The predicted molar refractivity (Wildman–Crippen MR) is 86.3 cm³/mol. The molecule has 2 bridgehead atoms. The third kappa shape index (κ3) is 1.96. The van der Waals surface area contributed by atoms with Crippen molar-refractivity contribution >= 4 is 27.5 Å². The summed E-state index contributed by atoms with van der Waals surface area (Å²) in [5.41, 5.74) is 3.29. The van der Waals surface area contributed by atoms with E-state index < -0.39 is 5.82 Å². The highest BCUT2D eigenvalue weighted by atomic mass is 79.9. The summed E-state index contributed by atoms with van der Waals surface area (Å²) in [6, 6.07) is 10.9. The van der Waals surface area contributed by atoms with Gasteiger partial charge >= 0.3 is 0 Å². The first kappa shape index (κ1) is 13.8. The Hall–Kier alpha value is -1.88. The van der Waals surface area contributed by atoms with Gasteiger partial charge in [-0.3, -0.25) is 9.80 Å². The molecule has 0 aliphatic carbocycles. The SMILES string of the molecule is Cc1ccc(F)c(C(=O)N2[C@H]3Cc4ccc(Br)cc4N2C3)c1. The Morgan fingerprint density at radius 3 is 2.91 bits per heavy atom. The fraction of sp³-hybridized carbons (Fsp3) is 0.235. The van der Waals surface area contributed by atoms with Gasteiger partial charge in [-0.05, 0) is 43.2 Å². The number of benzene rings is 2. The van der Waals surface area contributed by atoms with Crippen molar-refractivity contribution in [2.75, 3.05) is 11.6 Å². The Morgan fingerprint density at radius 2 is 2.09 bits per heavy atom. The van der Waals surface area contributed by atoms with Gasteiger partial charge in [0.25, 0.3) is 5.91 Å². The highest BCUT2D eigenvalue weighted by Gasteiger charge is 2.46. The highest BCUT2D eigenvalue weighted by molar-refractivity contribution is 9.10. The Bertz CT molecular complexity index is 792. The number of hydrazine groups is 1. The zero-order valence-electron chi connectivity index (χ0n) is 12.0. The molecule has 2 aliphatic rings. The number of amides is 1. The molecule has 0 N–H and O–H groups in total. The molecule has 0 aromatic heterocycles. The molecule has 5 heteroatoms. The number of hydrogen-bond acceptors (Lipinski definition) is 2. The molecule has 2 aliphatic heterocycles. The summed E-state index contributed by atoms with van der Waals surface area (Å²) < 4.78 is 15.0. The van der Waals surface area contributed by atoms with E-state index in [-0.39, 0.29) is 17.5 Å². The summed E-state index contributed by atoms with van der Waals surface area (Å²) in [4.78, 5) is 12.7. The summed E-state index contributed by atoms with van der Waals surface area (Å²) in [6.45, 7) is 2.67. The zero-order chi connectivity index (χ0) is 15.4. The molecule has 0 spiro atoms. The maximum atomic E-state index is 14.0. The molecule has 2 heterocycles. The zero-order valence-corrected chi connectivity index (χ0v) is 13.6. The molecule has 0 radical (unpaired) electrons. The lowest BCUT2D eigenvalue weighted by atomic mass is 9.93. The number of anilines is 1. The molecule has 112 valence electrons. The lowest BCUT2D eigenvalue weighted by Crippen LogP contribution is -2.70. The summed E-state index contributed by atoms with van der Waals surface area (Å²) in [5, 5.41) is 3.63. The average Bonchev–Trinajstić information content (AvgIpc) is 2.48. The second-order valence-corrected chi connectivity index (χ2v) is 6.76. The number of carbonyl (C=O) groups excluding carboxylic acids is 1. The first-order chi connectivity index (χ1) is 10.5. The second kappa shape index (κ2) is 4.81. The third-order valence-electron chi connectivity index (χ3n) is 4.33. The van der Waals surface area contributed by atoms with Crippen LogP contribution in [0.15, 0.2) is 40.9 Å². The summed E-state index contributed by atoms with van der Waals surface area (Å²) >= 11 is 3.47. The summed E-state index contributed by atoms with van der Waals surface area (Å²) in [7, 11) is 0. The normalized spacial score (nSPS) is 18.8. The van der Waals surface area contributed by atoms with Crippen LogP contribution in [0.25, 0.3) is 0 Å². The molecule has 0 unspecified atom stereocenters. The second-order valence-electron chi connectivity index (χ2n) is 5.85. The van der Waals surface area contributed by atoms with Crippen LogP contribution in [0, 0.1) is 12.7 Å². The van der Waals surface area contributed by atoms with E-state index in [1.807, 2.05) is 24.1 Å². The van der Waals surface area contributed by atoms with E-state index in [2.05, 4.69) is 22.0 Å².